The van der Waals surface area contributed by atoms with Crippen LogP contribution >= 0.6 is 11.6 Å². The summed E-state index contributed by atoms with van der Waals surface area (Å²) >= 11 is 5.62. The van der Waals surface area contributed by atoms with E-state index in [2.05, 4.69) is 4.98 Å². The van der Waals surface area contributed by atoms with Crippen molar-refractivity contribution < 1.29 is 17.6 Å². The number of imidazole rings is 1. The van der Waals surface area contributed by atoms with Gasteiger partial charge in [0.15, 0.2) is 0 Å². The summed E-state index contributed by atoms with van der Waals surface area (Å²) < 4.78 is 52.6. The van der Waals surface area contributed by atoms with Crippen LogP contribution in [0.5, 0.6) is 0 Å². The van der Waals surface area contributed by atoms with Crippen LogP contribution in [-0.4, -0.2) is 27.8 Å². The number of benzene rings is 1. The zero-order chi connectivity index (χ0) is 14.9. The van der Waals surface area contributed by atoms with Crippen molar-refractivity contribution in [2.45, 2.75) is 32.2 Å². The maximum absolute atomic E-state index is 13.3. The zero-order valence-electron chi connectivity index (χ0n) is 10.7. The number of fused-ring (bicyclic) bond motifs is 1. The van der Waals surface area contributed by atoms with Crippen molar-refractivity contribution >= 4 is 22.6 Å². The Labute approximate surface area is 118 Å². The molecule has 0 saturated heterocycles. The highest BCUT2D eigenvalue weighted by Crippen LogP contribution is 2.29. The number of alkyl halides is 5. The van der Waals surface area contributed by atoms with Crippen molar-refractivity contribution in [1.29, 1.82) is 0 Å². The van der Waals surface area contributed by atoms with E-state index in [9.17, 15) is 17.6 Å². The molecule has 0 aliphatic carbocycles. The number of aryl methyl sites for hydroxylation is 2. The Balaban J connectivity index is 2.54. The van der Waals surface area contributed by atoms with E-state index in [0.717, 1.165) is 10.1 Å². The Kier molecular flexibility index (Phi) is 4.22. The topological polar surface area (TPSA) is 17.8 Å². The SMILES string of the molecule is Cc1cccc2c1nc(CCCl)n2CC(F)(F)C(F)F. The third-order valence-corrected chi connectivity index (χ3v) is 3.25. The van der Waals surface area contributed by atoms with Crippen LogP contribution in [0.15, 0.2) is 18.2 Å². The van der Waals surface area contributed by atoms with Gasteiger partial charge in [-0.05, 0) is 18.6 Å². The van der Waals surface area contributed by atoms with Crippen LogP contribution in [0.2, 0.25) is 0 Å². The first kappa shape index (κ1) is 15.1. The minimum absolute atomic E-state index is 0.183. The maximum atomic E-state index is 13.3. The van der Waals surface area contributed by atoms with Crippen molar-refractivity contribution in [2.75, 3.05) is 5.88 Å². The van der Waals surface area contributed by atoms with Crippen LogP contribution in [-0.2, 0) is 13.0 Å². The Bertz CT molecular complexity index is 610. The van der Waals surface area contributed by atoms with E-state index >= 15 is 0 Å². The molecule has 1 heterocycles. The number of hydrogen-bond donors (Lipinski definition) is 0. The van der Waals surface area contributed by atoms with Gasteiger partial charge in [-0.15, -0.1) is 11.6 Å². The van der Waals surface area contributed by atoms with Gasteiger partial charge in [-0.3, -0.25) is 0 Å². The Morgan fingerprint density at radius 2 is 2.05 bits per heavy atom. The summed E-state index contributed by atoms with van der Waals surface area (Å²) in [6, 6.07) is 5.06. The Hall–Kier alpha value is -1.30. The molecule has 0 aliphatic heterocycles. The molecule has 0 aliphatic rings. The highest BCUT2D eigenvalue weighted by Gasteiger charge is 2.41. The van der Waals surface area contributed by atoms with Gasteiger partial charge in [0.05, 0.1) is 17.6 Å². The van der Waals surface area contributed by atoms with E-state index in [1.54, 1.807) is 25.1 Å². The largest absolute Gasteiger partial charge is 0.324 e. The molecule has 0 atom stereocenters. The van der Waals surface area contributed by atoms with Crippen molar-refractivity contribution in [2.24, 2.45) is 0 Å². The summed E-state index contributed by atoms with van der Waals surface area (Å²) in [7, 11) is 0. The Morgan fingerprint density at radius 1 is 1.35 bits per heavy atom. The fourth-order valence-corrected chi connectivity index (χ4v) is 2.24. The van der Waals surface area contributed by atoms with Gasteiger partial charge in [0.2, 0.25) is 0 Å². The standard InChI is InChI=1S/C13H13ClF4N2/c1-8-3-2-4-9-11(8)19-10(5-6-14)20(9)7-13(17,18)12(15)16/h2-4,12H,5-7H2,1H3. The molecule has 2 nitrogen and oxygen atoms in total. The van der Waals surface area contributed by atoms with Gasteiger partial charge in [-0.2, -0.15) is 8.78 Å². The molecule has 1 aromatic heterocycles. The van der Waals surface area contributed by atoms with Crippen LogP contribution in [0.4, 0.5) is 17.6 Å². The summed E-state index contributed by atoms with van der Waals surface area (Å²) in [4.78, 5) is 4.25. The average molecular weight is 309 g/mol. The number of para-hydroxylation sites is 1. The lowest BCUT2D eigenvalue weighted by molar-refractivity contribution is -0.137. The minimum atomic E-state index is -4.10. The van der Waals surface area contributed by atoms with Gasteiger partial charge in [0.25, 0.3) is 0 Å². The van der Waals surface area contributed by atoms with Crippen LogP contribution in [0, 0.1) is 6.92 Å². The van der Waals surface area contributed by atoms with E-state index in [1.165, 1.54) is 0 Å². The van der Waals surface area contributed by atoms with E-state index in [1.807, 2.05) is 0 Å². The molecule has 0 saturated carbocycles. The quantitative estimate of drug-likeness (QED) is 0.602. The third-order valence-electron chi connectivity index (χ3n) is 3.07. The first-order chi connectivity index (χ1) is 9.36. The number of hydrogen-bond acceptors (Lipinski definition) is 1. The number of rotatable bonds is 5. The molecule has 0 N–H and O–H groups in total. The highest BCUT2D eigenvalue weighted by atomic mass is 35.5. The average Bonchev–Trinajstić information content (AvgIpc) is 2.69. The zero-order valence-corrected chi connectivity index (χ0v) is 11.5. The van der Waals surface area contributed by atoms with Crippen LogP contribution in [0.25, 0.3) is 11.0 Å². The summed E-state index contributed by atoms with van der Waals surface area (Å²) in [5, 5.41) is 0. The summed E-state index contributed by atoms with van der Waals surface area (Å²) in [6.07, 6.45) is -3.47. The molecule has 0 amide bonds. The van der Waals surface area contributed by atoms with Crippen LogP contribution < -0.4 is 0 Å². The van der Waals surface area contributed by atoms with Crippen LogP contribution in [0.3, 0.4) is 0 Å². The molecule has 0 fully saturated rings. The van der Waals surface area contributed by atoms with Gasteiger partial charge in [0.1, 0.15) is 5.82 Å². The summed E-state index contributed by atoms with van der Waals surface area (Å²) in [5.41, 5.74) is 1.76. The highest BCUT2D eigenvalue weighted by molar-refractivity contribution is 6.17. The second kappa shape index (κ2) is 5.60. The van der Waals surface area contributed by atoms with Gasteiger partial charge in [0, 0.05) is 12.3 Å². The van der Waals surface area contributed by atoms with Gasteiger partial charge in [-0.25, -0.2) is 13.8 Å². The summed E-state index contributed by atoms with van der Waals surface area (Å²) in [6.45, 7) is 0.687. The Morgan fingerprint density at radius 3 is 2.65 bits per heavy atom. The van der Waals surface area contributed by atoms with Crippen molar-refractivity contribution in [3.8, 4) is 0 Å². The number of nitrogens with zero attached hydrogens (tertiary/aromatic N) is 2. The fourth-order valence-electron chi connectivity index (χ4n) is 2.07. The van der Waals surface area contributed by atoms with E-state index in [4.69, 9.17) is 11.6 Å². The van der Waals surface area contributed by atoms with E-state index in [0.29, 0.717) is 16.9 Å². The van der Waals surface area contributed by atoms with Gasteiger partial charge < -0.3 is 4.57 Å². The minimum Gasteiger partial charge on any atom is -0.322 e. The molecule has 20 heavy (non-hydrogen) atoms. The monoisotopic (exact) mass is 308 g/mol. The lowest BCUT2D eigenvalue weighted by Gasteiger charge is -2.18. The summed E-state index contributed by atoms with van der Waals surface area (Å²) in [5.74, 6) is -3.62. The lowest BCUT2D eigenvalue weighted by Crippen LogP contribution is -2.32. The molecule has 110 valence electrons. The van der Waals surface area contributed by atoms with Crippen LogP contribution in [0.1, 0.15) is 11.4 Å². The van der Waals surface area contributed by atoms with E-state index < -0.39 is 18.9 Å². The fraction of sp³-hybridized carbons (Fsp3) is 0.462. The molecule has 0 bridgehead atoms. The number of halogens is 5. The molecule has 1 aromatic carbocycles. The molecular formula is C13H13ClF4N2. The van der Waals surface area contributed by atoms with Crippen molar-refractivity contribution in [3.05, 3.63) is 29.6 Å². The molecular weight excluding hydrogens is 296 g/mol. The van der Waals surface area contributed by atoms with Gasteiger partial charge in [-0.1, -0.05) is 12.1 Å². The normalized spacial score (nSPS) is 12.6. The molecule has 2 rings (SSSR count). The maximum Gasteiger partial charge on any atom is 0.324 e. The van der Waals surface area contributed by atoms with E-state index in [-0.39, 0.29) is 12.3 Å². The molecule has 0 spiro atoms. The lowest BCUT2D eigenvalue weighted by atomic mass is 10.2. The van der Waals surface area contributed by atoms with Crippen molar-refractivity contribution in [1.82, 2.24) is 9.55 Å². The molecule has 7 heteroatoms. The second-order valence-electron chi connectivity index (χ2n) is 4.56. The first-order valence-corrected chi connectivity index (χ1v) is 6.57. The predicted molar refractivity (Wildman–Crippen MR) is 69.8 cm³/mol. The van der Waals surface area contributed by atoms with Crippen molar-refractivity contribution in [3.63, 3.8) is 0 Å². The second-order valence-corrected chi connectivity index (χ2v) is 4.94. The third kappa shape index (κ3) is 2.75. The molecule has 0 radical (unpaired) electrons. The number of aromatic nitrogens is 2. The smallest absolute Gasteiger partial charge is 0.322 e. The molecule has 0 unspecified atom stereocenters. The predicted octanol–water partition coefficient (Wildman–Crippen LogP) is 4.03. The first-order valence-electron chi connectivity index (χ1n) is 6.03. The van der Waals surface area contributed by atoms with Gasteiger partial charge >= 0.3 is 12.3 Å². The molecule has 2 aromatic rings.